The molecule has 0 spiro atoms. The number of ether oxygens (including phenoxy) is 2. The second kappa shape index (κ2) is 11.0. The zero-order valence-electron chi connectivity index (χ0n) is 15.8. The first kappa shape index (κ1) is 19.6. The Bertz CT molecular complexity index is 658. The van der Waals surface area contributed by atoms with Crippen LogP contribution in [0.3, 0.4) is 0 Å². The van der Waals surface area contributed by atoms with E-state index in [-0.39, 0.29) is 6.10 Å². The zero-order chi connectivity index (χ0) is 18.6. The molecule has 1 heterocycles. The third kappa shape index (κ3) is 6.66. The molecule has 1 atom stereocenters. The first-order valence-corrected chi connectivity index (χ1v) is 9.02. The molecule has 142 valence electrons. The maximum Gasteiger partial charge on any atom is 0.191 e. The standard InChI is InChI=1S/C19H29N5O2/c1-4-20-19(21-11-7-13-24-14-8-12-23-24)22-15-16(2)26-18-10-6-5-9-17(18)25-3/h5-6,8-10,12,14,16H,4,7,11,13,15H2,1-3H3,(H2,20,21,22). The molecule has 0 bridgehead atoms. The van der Waals surface area contributed by atoms with Crippen molar-refractivity contribution in [2.24, 2.45) is 4.99 Å². The Morgan fingerprint density at radius 1 is 1.23 bits per heavy atom. The smallest absolute Gasteiger partial charge is 0.191 e. The molecule has 1 aromatic heterocycles. The van der Waals surface area contributed by atoms with E-state index in [1.54, 1.807) is 13.3 Å². The van der Waals surface area contributed by atoms with Gasteiger partial charge in [0, 0.05) is 32.0 Å². The van der Waals surface area contributed by atoms with Crippen LogP contribution < -0.4 is 20.1 Å². The Hall–Kier alpha value is -2.70. The molecule has 2 aromatic rings. The Kier molecular flexibility index (Phi) is 8.32. The number of aryl methyl sites for hydroxylation is 1. The van der Waals surface area contributed by atoms with Crippen LogP contribution in [0.2, 0.25) is 0 Å². The van der Waals surface area contributed by atoms with Crippen LogP contribution in [0, 0.1) is 0 Å². The molecule has 0 aliphatic heterocycles. The van der Waals surface area contributed by atoms with Crippen LogP contribution in [0.1, 0.15) is 20.3 Å². The van der Waals surface area contributed by atoms with Gasteiger partial charge in [0.25, 0.3) is 0 Å². The fraction of sp³-hybridized carbons (Fsp3) is 0.474. The fourth-order valence-corrected chi connectivity index (χ4v) is 2.41. The molecular formula is C19H29N5O2. The highest BCUT2D eigenvalue weighted by molar-refractivity contribution is 5.79. The summed E-state index contributed by atoms with van der Waals surface area (Å²) in [7, 11) is 1.64. The van der Waals surface area contributed by atoms with Gasteiger partial charge in [0.1, 0.15) is 6.10 Å². The average Bonchev–Trinajstić information content (AvgIpc) is 3.17. The van der Waals surface area contributed by atoms with Gasteiger partial charge in [-0.25, -0.2) is 4.99 Å². The number of nitrogens with one attached hydrogen (secondary N) is 2. The van der Waals surface area contributed by atoms with Crippen LogP contribution in [0.5, 0.6) is 11.5 Å². The number of benzene rings is 1. The number of aromatic nitrogens is 2. The van der Waals surface area contributed by atoms with Gasteiger partial charge in [0.15, 0.2) is 17.5 Å². The Morgan fingerprint density at radius 2 is 2.04 bits per heavy atom. The maximum atomic E-state index is 5.94. The van der Waals surface area contributed by atoms with Gasteiger partial charge in [-0.15, -0.1) is 0 Å². The molecule has 2 N–H and O–H groups in total. The van der Waals surface area contributed by atoms with E-state index in [9.17, 15) is 0 Å². The first-order chi connectivity index (χ1) is 12.7. The van der Waals surface area contributed by atoms with Crippen LogP contribution in [-0.2, 0) is 6.54 Å². The van der Waals surface area contributed by atoms with Gasteiger partial charge in [-0.05, 0) is 38.5 Å². The lowest BCUT2D eigenvalue weighted by molar-refractivity contribution is 0.219. The topological polar surface area (TPSA) is 72.7 Å². The molecule has 0 saturated heterocycles. The van der Waals surface area contributed by atoms with Crippen LogP contribution in [0.4, 0.5) is 0 Å². The molecule has 7 heteroatoms. The summed E-state index contributed by atoms with van der Waals surface area (Å²) in [5.74, 6) is 2.25. The molecule has 0 fully saturated rings. The minimum absolute atomic E-state index is 0.0640. The molecule has 0 aliphatic rings. The summed E-state index contributed by atoms with van der Waals surface area (Å²) in [6.45, 7) is 7.12. The van der Waals surface area contributed by atoms with Gasteiger partial charge in [-0.2, -0.15) is 5.10 Å². The maximum absolute atomic E-state index is 5.94. The highest BCUT2D eigenvalue weighted by Gasteiger charge is 2.08. The molecule has 0 amide bonds. The molecule has 1 unspecified atom stereocenters. The van der Waals surface area contributed by atoms with E-state index in [1.165, 1.54) is 0 Å². The molecule has 26 heavy (non-hydrogen) atoms. The number of guanidine groups is 1. The third-order valence-corrected chi connectivity index (χ3v) is 3.66. The number of nitrogens with zero attached hydrogens (tertiary/aromatic N) is 3. The minimum atomic E-state index is -0.0640. The van der Waals surface area contributed by atoms with Gasteiger partial charge in [0.05, 0.1) is 13.7 Å². The normalized spacial score (nSPS) is 12.5. The second-order valence-corrected chi connectivity index (χ2v) is 5.85. The van der Waals surface area contributed by atoms with E-state index in [1.807, 2.05) is 48.1 Å². The van der Waals surface area contributed by atoms with E-state index in [0.717, 1.165) is 43.5 Å². The highest BCUT2D eigenvalue weighted by atomic mass is 16.5. The number of para-hydroxylation sites is 2. The summed E-state index contributed by atoms with van der Waals surface area (Å²) in [5.41, 5.74) is 0. The predicted molar refractivity (Wildman–Crippen MR) is 104 cm³/mol. The van der Waals surface area contributed by atoms with Crippen molar-refractivity contribution < 1.29 is 9.47 Å². The van der Waals surface area contributed by atoms with Crippen molar-refractivity contribution in [3.63, 3.8) is 0 Å². The number of hydrogen-bond donors (Lipinski definition) is 2. The highest BCUT2D eigenvalue weighted by Crippen LogP contribution is 2.26. The quantitative estimate of drug-likeness (QED) is 0.387. The van der Waals surface area contributed by atoms with Gasteiger partial charge < -0.3 is 20.1 Å². The van der Waals surface area contributed by atoms with Crippen LogP contribution >= 0.6 is 0 Å². The second-order valence-electron chi connectivity index (χ2n) is 5.85. The lowest BCUT2D eigenvalue weighted by Crippen LogP contribution is -2.38. The molecule has 0 radical (unpaired) electrons. The van der Waals surface area contributed by atoms with Gasteiger partial charge in [-0.3, -0.25) is 4.68 Å². The van der Waals surface area contributed by atoms with Crippen molar-refractivity contribution in [1.29, 1.82) is 0 Å². The third-order valence-electron chi connectivity index (χ3n) is 3.66. The first-order valence-electron chi connectivity index (χ1n) is 9.02. The SMILES string of the molecule is CCNC(=NCC(C)Oc1ccccc1OC)NCCCn1cccn1. The van der Waals surface area contributed by atoms with E-state index < -0.39 is 0 Å². The number of hydrogen-bond acceptors (Lipinski definition) is 4. The summed E-state index contributed by atoms with van der Waals surface area (Å²) in [6.07, 6.45) is 4.67. The monoisotopic (exact) mass is 359 g/mol. The number of methoxy groups -OCH3 is 1. The van der Waals surface area contributed by atoms with Crippen molar-refractivity contribution in [2.75, 3.05) is 26.7 Å². The zero-order valence-corrected chi connectivity index (χ0v) is 15.8. The van der Waals surface area contributed by atoms with Crippen molar-refractivity contribution in [3.8, 4) is 11.5 Å². The summed E-state index contributed by atoms with van der Waals surface area (Å²) in [5, 5.41) is 10.8. The lowest BCUT2D eigenvalue weighted by atomic mass is 10.3. The Balaban J connectivity index is 1.79. The number of aliphatic imine (C=N–C) groups is 1. The van der Waals surface area contributed by atoms with Gasteiger partial charge in [0.2, 0.25) is 0 Å². The van der Waals surface area contributed by atoms with Gasteiger partial charge >= 0.3 is 0 Å². The van der Waals surface area contributed by atoms with Crippen LogP contribution in [-0.4, -0.2) is 48.6 Å². The van der Waals surface area contributed by atoms with Crippen molar-refractivity contribution in [2.45, 2.75) is 32.9 Å². The van der Waals surface area contributed by atoms with Crippen molar-refractivity contribution in [3.05, 3.63) is 42.7 Å². The van der Waals surface area contributed by atoms with Crippen LogP contribution in [0.15, 0.2) is 47.7 Å². The van der Waals surface area contributed by atoms with E-state index in [0.29, 0.717) is 6.54 Å². The largest absolute Gasteiger partial charge is 0.493 e. The van der Waals surface area contributed by atoms with Gasteiger partial charge in [-0.1, -0.05) is 12.1 Å². The number of rotatable bonds is 10. The van der Waals surface area contributed by atoms with E-state index >= 15 is 0 Å². The van der Waals surface area contributed by atoms with E-state index in [4.69, 9.17) is 9.47 Å². The molecule has 1 aromatic carbocycles. The lowest BCUT2D eigenvalue weighted by Gasteiger charge is -2.16. The van der Waals surface area contributed by atoms with Crippen molar-refractivity contribution in [1.82, 2.24) is 20.4 Å². The summed E-state index contributed by atoms with van der Waals surface area (Å²) in [4.78, 5) is 4.61. The molecular weight excluding hydrogens is 330 g/mol. The molecule has 0 aliphatic carbocycles. The minimum Gasteiger partial charge on any atom is -0.493 e. The molecule has 7 nitrogen and oxygen atoms in total. The van der Waals surface area contributed by atoms with E-state index in [2.05, 4.69) is 27.6 Å². The summed E-state index contributed by atoms with van der Waals surface area (Å²) < 4.78 is 13.2. The Labute approximate surface area is 155 Å². The Morgan fingerprint density at radius 3 is 2.73 bits per heavy atom. The predicted octanol–water partition coefficient (Wildman–Crippen LogP) is 2.30. The summed E-state index contributed by atoms with van der Waals surface area (Å²) in [6, 6.07) is 9.57. The molecule has 2 rings (SSSR count). The molecule has 0 saturated carbocycles. The van der Waals surface area contributed by atoms with Crippen molar-refractivity contribution >= 4 is 5.96 Å². The summed E-state index contributed by atoms with van der Waals surface area (Å²) >= 11 is 0. The fourth-order valence-electron chi connectivity index (χ4n) is 2.41. The van der Waals surface area contributed by atoms with Crippen LogP contribution in [0.25, 0.3) is 0 Å². The average molecular weight is 359 g/mol.